The SMILES string of the molecule is COc1ccnc(C[S+]([O-])n2cnc3cc(OC(F)F)c(OC(F)(F)C(F)F)cc32)c1C. The van der Waals surface area contributed by atoms with Crippen molar-refractivity contribution in [1.29, 1.82) is 0 Å². The average Bonchev–Trinajstić information content (AvgIpc) is 3.11. The summed E-state index contributed by atoms with van der Waals surface area (Å²) >= 11 is -1.90. The molecule has 0 N–H and O–H groups in total. The van der Waals surface area contributed by atoms with Crippen molar-refractivity contribution in [3.63, 3.8) is 0 Å². The Labute approximate surface area is 180 Å². The monoisotopic (exact) mass is 483 g/mol. The highest BCUT2D eigenvalue weighted by Gasteiger charge is 2.45. The van der Waals surface area contributed by atoms with Crippen LogP contribution in [0.1, 0.15) is 11.3 Å². The number of fused-ring (bicyclic) bond motifs is 1. The van der Waals surface area contributed by atoms with Gasteiger partial charge in [0.1, 0.15) is 17.6 Å². The Balaban J connectivity index is 2.01. The highest BCUT2D eigenvalue weighted by atomic mass is 32.2. The fourth-order valence-corrected chi connectivity index (χ4v) is 3.91. The van der Waals surface area contributed by atoms with Gasteiger partial charge in [0.05, 0.1) is 29.7 Å². The second-order valence-electron chi connectivity index (χ2n) is 6.25. The molecule has 3 rings (SSSR count). The van der Waals surface area contributed by atoms with Gasteiger partial charge in [-0.1, -0.05) is 0 Å². The van der Waals surface area contributed by atoms with Crippen molar-refractivity contribution >= 4 is 22.4 Å². The first-order chi connectivity index (χ1) is 15.0. The van der Waals surface area contributed by atoms with Crippen LogP contribution in [0.25, 0.3) is 11.0 Å². The maximum Gasteiger partial charge on any atom is 0.461 e. The molecule has 174 valence electrons. The van der Waals surface area contributed by atoms with Crippen LogP contribution < -0.4 is 14.2 Å². The number of pyridine rings is 1. The van der Waals surface area contributed by atoms with E-state index in [2.05, 4.69) is 19.4 Å². The highest BCUT2D eigenvalue weighted by Crippen LogP contribution is 2.38. The van der Waals surface area contributed by atoms with Crippen LogP contribution in [0.5, 0.6) is 17.2 Å². The molecular weight excluding hydrogens is 468 g/mol. The van der Waals surface area contributed by atoms with E-state index in [1.807, 2.05) is 0 Å². The zero-order chi connectivity index (χ0) is 23.6. The lowest BCUT2D eigenvalue weighted by atomic mass is 10.2. The van der Waals surface area contributed by atoms with Crippen molar-refractivity contribution in [2.75, 3.05) is 7.11 Å². The summed E-state index contributed by atoms with van der Waals surface area (Å²) in [5, 5.41) is 0. The molecular formula is C18H15F6N3O4S. The minimum Gasteiger partial charge on any atom is -0.592 e. The summed E-state index contributed by atoms with van der Waals surface area (Å²) in [7, 11) is 1.45. The molecule has 0 spiro atoms. The molecule has 0 fully saturated rings. The standard InChI is InChI=1S/C18H15F6N3O4S/c1-9-11(25-4-3-13(9)29-2)7-32(28)27-8-26-10-5-14(30-17(21)22)15(6-12(10)27)31-18(23,24)16(19)20/h3-6,8,16-17H,7H2,1-2H3. The van der Waals surface area contributed by atoms with E-state index >= 15 is 0 Å². The van der Waals surface area contributed by atoms with Crippen LogP contribution in [0, 0.1) is 6.92 Å². The number of benzene rings is 1. The molecule has 0 bridgehead atoms. The molecule has 7 nitrogen and oxygen atoms in total. The van der Waals surface area contributed by atoms with Crippen molar-refractivity contribution in [3.8, 4) is 17.2 Å². The molecule has 2 heterocycles. The lowest BCUT2D eigenvalue weighted by Crippen LogP contribution is -2.33. The molecule has 0 amide bonds. The van der Waals surface area contributed by atoms with E-state index in [1.165, 1.54) is 13.3 Å². The average molecular weight is 483 g/mol. The summed E-state index contributed by atoms with van der Waals surface area (Å²) in [6.45, 7) is -1.76. The van der Waals surface area contributed by atoms with Crippen molar-refractivity contribution < 1.29 is 45.1 Å². The molecule has 1 unspecified atom stereocenters. The minimum atomic E-state index is -4.99. The van der Waals surface area contributed by atoms with Gasteiger partial charge < -0.3 is 18.8 Å². The number of methoxy groups -OCH3 is 1. The van der Waals surface area contributed by atoms with E-state index in [9.17, 15) is 30.9 Å². The van der Waals surface area contributed by atoms with Crippen LogP contribution >= 0.6 is 0 Å². The van der Waals surface area contributed by atoms with Crippen molar-refractivity contribution in [3.05, 3.63) is 42.0 Å². The summed E-state index contributed by atoms with van der Waals surface area (Å²) in [5.74, 6) is -1.68. The van der Waals surface area contributed by atoms with Crippen LogP contribution in [-0.4, -0.2) is 44.7 Å². The van der Waals surface area contributed by atoms with Gasteiger partial charge in [0.25, 0.3) is 0 Å². The minimum absolute atomic E-state index is 0.0722. The number of imidazole rings is 1. The van der Waals surface area contributed by atoms with Gasteiger partial charge in [0.2, 0.25) is 0 Å². The van der Waals surface area contributed by atoms with E-state index in [0.717, 1.165) is 22.4 Å². The normalized spacial score (nSPS) is 13.1. The Hall–Kier alpha value is -2.87. The molecule has 0 saturated carbocycles. The van der Waals surface area contributed by atoms with Gasteiger partial charge in [-0.3, -0.25) is 4.98 Å². The molecule has 0 aliphatic rings. The summed E-state index contributed by atoms with van der Waals surface area (Å²) in [6.07, 6.45) is -6.72. The Morgan fingerprint density at radius 2 is 1.84 bits per heavy atom. The molecule has 0 saturated heterocycles. The van der Waals surface area contributed by atoms with Crippen LogP contribution in [0.2, 0.25) is 0 Å². The number of ether oxygens (including phenoxy) is 3. The van der Waals surface area contributed by atoms with E-state index in [1.54, 1.807) is 13.0 Å². The van der Waals surface area contributed by atoms with Gasteiger partial charge in [0.15, 0.2) is 17.3 Å². The summed E-state index contributed by atoms with van der Waals surface area (Å²) in [5.41, 5.74) is 0.839. The van der Waals surface area contributed by atoms with E-state index < -0.39 is 42.0 Å². The number of hydrogen-bond acceptors (Lipinski definition) is 6. The van der Waals surface area contributed by atoms with E-state index in [-0.39, 0.29) is 16.8 Å². The second kappa shape index (κ2) is 9.32. The Bertz CT molecular complexity index is 1100. The lowest BCUT2D eigenvalue weighted by Gasteiger charge is -2.19. The van der Waals surface area contributed by atoms with Gasteiger partial charge >= 0.3 is 19.1 Å². The molecule has 0 aliphatic carbocycles. The lowest BCUT2D eigenvalue weighted by molar-refractivity contribution is -0.254. The first-order valence-electron chi connectivity index (χ1n) is 8.71. The van der Waals surface area contributed by atoms with Crippen LogP contribution in [0.15, 0.2) is 30.7 Å². The molecule has 0 radical (unpaired) electrons. The smallest absolute Gasteiger partial charge is 0.461 e. The number of nitrogens with zero attached hydrogens (tertiary/aromatic N) is 3. The summed E-state index contributed by atoms with van der Waals surface area (Å²) < 4.78 is 104. The fraction of sp³-hybridized carbons (Fsp3) is 0.333. The molecule has 2 aromatic heterocycles. The van der Waals surface area contributed by atoms with E-state index in [4.69, 9.17) is 4.74 Å². The Kier molecular flexibility index (Phi) is 6.93. The third kappa shape index (κ3) is 4.96. The number of alkyl halides is 6. The second-order valence-corrected chi connectivity index (χ2v) is 7.58. The predicted octanol–water partition coefficient (Wildman–Crippen LogP) is 4.30. The van der Waals surface area contributed by atoms with Gasteiger partial charge in [-0.25, -0.2) is 4.98 Å². The predicted molar refractivity (Wildman–Crippen MR) is 101 cm³/mol. The molecule has 14 heteroatoms. The third-order valence-electron chi connectivity index (χ3n) is 4.25. The molecule has 0 aliphatic heterocycles. The van der Waals surface area contributed by atoms with Gasteiger partial charge in [-0.2, -0.15) is 30.3 Å². The first kappa shape index (κ1) is 23.8. The maximum absolute atomic E-state index is 13.4. The first-order valence-corrected chi connectivity index (χ1v) is 9.99. The summed E-state index contributed by atoms with van der Waals surface area (Å²) in [4.78, 5) is 8.02. The number of rotatable bonds is 9. The van der Waals surface area contributed by atoms with E-state index in [0.29, 0.717) is 17.0 Å². The molecule has 1 atom stereocenters. The topological polar surface area (TPSA) is 81.5 Å². The zero-order valence-corrected chi connectivity index (χ0v) is 17.2. The zero-order valence-electron chi connectivity index (χ0n) is 16.4. The third-order valence-corrected chi connectivity index (χ3v) is 5.50. The molecule has 32 heavy (non-hydrogen) atoms. The number of halogens is 6. The van der Waals surface area contributed by atoms with Crippen molar-refractivity contribution in [2.24, 2.45) is 0 Å². The van der Waals surface area contributed by atoms with Crippen molar-refractivity contribution in [2.45, 2.75) is 31.8 Å². The highest BCUT2D eigenvalue weighted by molar-refractivity contribution is 7.89. The van der Waals surface area contributed by atoms with Gasteiger partial charge in [-0.05, 0) is 13.0 Å². The number of aromatic nitrogens is 3. The van der Waals surface area contributed by atoms with Crippen LogP contribution in [0.4, 0.5) is 26.3 Å². The fourth-order valence-electron chi connectivity index (χ4n) is 2.73. The van der Waals surface area contributed by atoms with Crippen LogP contribution in [-0.2, 0) is 17.1 Å². The van der Waals surface area contributed by atoms with Crippen LogP contribution in [0.3, 0.4) is 0 Å². The number of hydrogen-bond donors (Lipinski definition) is 0. The molecule has 1 aromatic carbocycles. The Morgan fingerprint density at radius 1 is 1.12 bits per heavy atom. The summed E-state index contributed by atoms with van der Waals surface area (Å²) in [6, 6.07) is 3.12. The Morgan fingerprint density at radius 3 is 2.47 bits per heavy atom. The molecule has 3 aromatic rings. The maximum atomic E-state index is 13.4. The largest absolute Gasteiger partial charge is 0.592 e. The van der Waals surface area contributed by atoms with Crippen molar-refractivity contribution in [1.82, 2.24) is 13.9 Å². The van der Waals surface area contributed by atoms with Gasteiger partial charge in [-0.15, -0.1) is 0 Å². The van der Waals surface area contributed by atoms with Gasteiger partial charge in [0, 0.05) is 23.9 Å². The quantitative estimate of drug-likeness (QED) is 0.334.